The number of hydrogen-bond donors (Lipinski definition) is 0. The molecule has 0 amide bonds. The van der Waals surface area contributed by atoms with E-state index in [0.717, 1.165) is 106 Å². The summed E-state index contributed by atoms with van der Waals surface area (Å²) >= 11 is 0. The molecule has 0 aliphatic carbocycles. The summed E-state index contributed by atoms with van der Waals surface area (Å²) in [6.07, 6.45) is 0. The number of hydrogen-bond acceptors (Lipinski definition) is 6. The zero-order valence-electron chi connectivity index (χ0n) is 61.4. The van der Waals surface area contributed by atoms with E-state index in [1.165, 1.54) is 61.4 Å². The summed E-state index contributed by atoms with van der Waals surface area (Å²) in [5.41, 5.74) is 29.9. The maximum atomic E-state index is 5.59. The van der Waals surface area contributed by atoms with Crippen LogP contribution in [0.1, 0.15) is 105 Å². The molecule has 0 radical (unpaired) electrons. The molecule has 3 aromatic heterocycles. The first-order valence-corrected chi connectivity index (χ1v) is 36.5. The highest BCUT2D eigenvalue weighted by atomic mass is 15.2. The van der Waals surface area contributed by atoms with Gasteiger partial charge < -0.3 is 14.4 Å². The smallest absolute Gasteiger partial charge is 0.252 e. The maximum absolute atomic E-state index is 5.59. The number of anilines is 6. The van der Waals surface area contributed by atoms with Gasteiger partial charge in [-0.1, -0.05) is 277 Å². The van der Waals surface area contributed by atoms with Crippen LogP contribution in [0.4, 0.5) is 34.1 Å². The van der Waals surface area contributed by atoms with Gasteiger partial charge in [-0.05, 0) is 168 Å². The fourth-order valence-electron chi connectivity index (χ4n) is 15.5. The van der Waals surface area contributed by atoms with Gasteiger partial charge in [-0.25, -0.2) is 19.9 Å². The lowest BCUT2D eigenvalue weighted by molar-refractivity contribution is 0.568. The first kappa shape index (κ1) is 65.6. The molecule has 7 nitrogen and oxygen atoms in total. The molecule has 8 heteroatoms. The lowest BCUT2D eigenvalue weighted by Gasteiger charge is -2.45. The number of nitrogens with zero attached hydrogens (tertiary/aromatic N) is 7. The Bertz CT molecular complexity index is 5520. The molecule has 0 bridgehead atoms. The Morgan fingerprint density at radius 3 is 1.07 bits per heavy atom. The third kappa shape index (κ3) is 11.8. The van der Waals surface area contributed by atoms with E-state index in [4.69, 9.17) is 19.9 Å². The topological polar surface area (TPSA) is 63.0 Å². The van der Waals surface area contributed by atoms with Gasteiger partial charge in [0.15, 0.2) is 11.6 Å². The van der Waals surface area contributed by atoms with Crippen molar-refractivity contribution >= 4 is 79.0 Å². The van der Waals surface area contributed by atoms with Crippen molar-refractivity contribution in [3.05, 3.63) is 313 Å². The minimum Gasteiger partial charge on any atom is -0.311 e. The first-order chi connectivity index (χ1) is 50.1. The molecule has 0 unspecified atom stereocenters. The molecule has 0 N–H and O–H groups in total. The predicted octanol–water partition coefficient (Wildman–Crippen LogP) is 23.3. The molecule has 0 saturated carbocycles. The normalized spacial score (nSPS) is 12.9. The zero-order chi connectivity index (χ0) is 71.6. The highest BCUT2D eigenvalue weighted by Crippen LogP contribution is 2.50. The second kappa shape index (κ2) is 25.1. The fraction of sp³-hybridized carbons (Fsp3) is 0.167. The summed E-state index contributed by atoms with van der Waals surface area (Å²) in [7, 11) is 0. The van der Waals surface area contributed by atoms with E-state index in [2.05, 4.69) is 377 Å². The van der Waals surface area contributed by atoms with Gasteiger partial charge in [-0.2, -0.15) is 0 Å². The molecule has 2 aliphatic rings. The predicted molar refractivity (Wildman–Crippen MR) is 439 cm³/mol. The molecule has 12 aromatic carbocycles. The van der Waals surface area contributed by atoms with Crippen LogP contribution < -0.4 is 26.2 Å². The van der Waals surface area contributed by atoms with Crippen LogP contribution in [0.15, 0.2) is 291 Å². The third-order valence-electron chi connectivity index (χ3n) is 21.2. The molecule has 0 atom stereocenters. The number of aromatic nitrogens is 5. The monoisotopic (exact) mass is 1350 g/mol. The minimum atomic E-state index is -0.120. The first-order valence-electron chi connectivity index (χ1n) is 36.5. The summed E-state index contributed by atoms with van der Waals surface area (Å²) in [5.74, 6) is 1.18. The molecule has 2 aliphatic heterocycles. The summed E-state index contributed by atoms with van der Waals surface area (Å²) in [5, 5.41) is 2.25. The van der Waals surface area contributed by atoms with E-state index in [1.807, 2.05) is 12.1 Å². The molecule has 104 heavy (non-hydrogen) atoms. The Balaban J connectivity index is 0.929. The van der Waals surface area contributed by atoms with Gasteiger partial charge in [-0.3, -0.25) is 0 Å². The van der Waals surface area contributed by atoms with Crippen LogP contribution in [0.25, 0.3) is 106 Å². The molecule has 0 fully saturated rings. The number of para-hydroxylation sites is 3. The maximum Gasteiger partial charge on any atom is 0.252 e. The van der Waals surface area contributed by atoms with E-state index in [1.54, 1.807) is 0 Å². The van der Waals surface area contributed by atoms with Crippen LogP contribution in [0, 0.1) is 0 Å². The quantitative estimate of drug-likeness (QED) is 0.127. The Labute approximate surface area is 612 Å². The van der Waals surface area contributed by atoms with Crippen LogP contribution in [-0.2, 0) is 21.7 Å². The second-order valence-corrected chi connectivity index (χ2v) is 32.4. The summed E-state index contributed by atoms with van der Waals surface area (Å²) in [6, 6.07) is 107. The Kier molecular flexibility index (Phi) is 15.8. The average Bonchev–Trinajstić information content (AvgIpc) is 0.740. The SMILES string of the molecule is CC(C)(C)c1cc(N2c3ccccc3B3c4ccccc4N(c4cc(C(C)(C)C)cc(C(C)(C)C)c4)c4cc(-c5ccc6c(c5)c5ccccc5n6-c5ccc(-c6nc(-c7ccccc7)cc(-c7ccccc7)n6)cc5-c5nc(-c6ccccc6)cc(-c6ccccc6)n5)cc2c43)cc(C(C)(C)C)c1. The highest BCUT2D eigenvalue weighted by Gasteiger charge is 2.44. The second-order valence-electron chi connectivity index (χ2n) is 32.4. The average molecular weight is 1350 g/mol. The molecule has 506 valence electrons. The van der Waals surface area contributed by atoms with Crippen LogP contribution in [0.5, 0.6) is 0 Å². The lowest BCUT2D eigenvalue weighted by atomic mass is 9.33. The van der Waals surface area contributed by atoms with Crippen LogP contribution in [-0.4, -0.2) is 31.2 Å². The van der Waals surface area contributed by atoms with Crippen molar-refractivity contribution in [2.24, 2.45) is 0 Å². The van der Waals surface area contributed by atoms with E-state index >= 15 is 0 Å². The van der Waals surface area contributed by atoms with Crippen molar-refractivity contribution in [2.75, 3.05) is 9.80 Å². The van der Waals surface area contributed by atoms with Gasteiger partial charge in [0.1, 0.15) is 0 Å². The van der Waals surface area contributed by atoms with Crippen LogP contribution in [0.3, 0.4) is 0 Å². The molecule has 0 saturated heterocycles. The molecule has 15 aromatic rings. The van der Waals surface area contributed by atoms with Gasteiger partial charge >= 0.3 is 0 Å². The summed E-state index contributed by atoms with van der Waals surface area (Å²) < 4.78 is 2.42. The van der Waals surface area contributed by atoms with Crippen LogP contribution >= 0.6 is 0 Å². The Hall–Kier alpha value is -11.7. The Morgan fingerprint density at radius 1 is 0.260 bits per heavy atom. The van der Waals surface area contributed by atoms with Crippen molar-refractivity contribution < 1.29 is 0 Å². The standard InChI is InChI=1S/C96H84BN7/c1-93(2,3)68-53-69(94(4,5)6)56-72(55-68)102-86-43-29-26-40-77(86)97-78-41-27-30-44-87(78)103(73-57-70(95(7,8)9)54-71(58-73)96(10,11)12)89-52-67(51-88(102)90(89)97)65-45-47-84-75(49-65)74-39-25-28-42-83(74)104(84)85-48-46-66(91-98-79(61-31-17-13-18-32-61)59-80(99-91)62-33-19-14-20-34-62)50-76(85)92-100-81(63-35-21-15-22-36-63)60-82(101-92)64-37-23-16-24-38-64/h13-60H,1-12H3. The van der Waals surface area contributed by atoms with Crippen LogP contribution in [0.2, 0.25) is 0 Å². The van der Waals surface area contributed by atoms with E-state index < -0.39 is 0 Å². The number of benzene rings is 12. The number of fused-ring (bicyclic) bond motifs is 7. The zero-order valence-corrected chi connectivity index (χ0v) is 61.4. The summed E-state index contributed by atoms with van der Waals surface area (Å²) in [6.45, 7) is 28.1. The van der Waals surface area contributed by atoms with Gasteiger partial charge in [0.2, 0.25) is 0 Å². The highest BCUT2D eigenvalue weighted by molar-refractivity contribution is 7.00. The lowest BCUT2D eigenvalue weighted by Crippen LogP contribution is -2.61. The number of rotatable bonds is 10. The summed E-state index contributed by atoms with van der Waals surface area (Å²) in [4.78, 5) is 27.2. The van der Waals surface area contributed by atoms with Crippen molar-refractivity contribution in [3.63, 3.8) is 0 Å². The fourth-order valence-corrected chi connectivity index (χ4v) is 15.5. The van der Waals surface area contributed by atoms with Crippen molar-refractivity contribution in [3.8, 4) is 84.6 Å². The molecule has 5 heterocycles. The van der Waals surface area contributed by atoms with Crippen molar-refractivity contribution in [1.82, 2.24) is 24.5 Å². The van der Waals surface area contributed by atoms with Gasteiger partial charge in [-0.15, -0.1) is 0 Å². The molecular weight excluding hydrogens is 1260 g/mol. The van der Waals surface area contributed by atoms with Gasteiger partial charge in [0.25, 0.3) is 6.71 Å². The minimum absolute atomic E-state index is 0.0535. The molecule has 0 spiro atoms. The van der Waals surface area contributed by atoms with Gasteiger partial charge in [0.05, 0.1) is 39.5 Å². The third-order valence-corrected chi connectivity index (χ3v) is 21.2. The molecule has 17 rings (SSSR count). The van der Waals surface area contributed by atoms with Crippen molar-refractivity contribution in [1.29, 1.82) is 0 Å². The van der Waals surface area contributed by atoms with E-state index in [-0.39, 0.29) is 28.4 Å². The van der Waals surface area contributed by atoms with Gasteiger partial charge in [0, 0.05) is 78.3 Å². The van der Waals surface area contributed by atoms with E-state index in [9.17, 15) is 0 Å². The van der Waals surface area contributed by atoms with Crippen molar-refractivity contribution in [2.45, 2.75) is 105 Å². The Morgan fingerprint density at radius 2 is 0.635 bits per heavy atom. The molecular formula is C96H84BN7. The van der Waals surface area contributed by atoms with E-state index in [0.29, 0.717) is 11.6 Å². The largest absolute Gasteiger partial charge is 0.311 e.